The van der Waals surface area contributed by atoms with Crippen molar-refractivity contribution in [3.8, 4) is 0 Å². The zero-order valence-corrected chi connectivity index (χ0v) is 6.80. The summed E-state index contributed by atoms with van der Waals surface area (Å²) in [6, 6.07) is 1.23. The summed E-state index contributed by atoms with van der Waals surface area (Å²) in [5, 5.41) is 0. The van der Waals surface area contributed by atoms with Gasteiger partial charge in [-0.05, 0) is 26.8 Å². The van der Waals surface area contributed by atoms with Gasteiger partial charge in [0, 0.05) is 24.0 Å². The minimum absolute atomic E-state index is 0.499. The van der Waals surface area contributed by atoms with E-state index in [1.165, 1.54) is 19.4 Å². The first-order valence-corrected chi connectivity index (χ1v) is 4.13. The van der Waals surface area contributed by atoms with Crippen molar-refractivity contribution in [3.63, 3.8) is 0 Å². The molecule has 1 saturated heterocycles. The molecule has 0 aromatic heterocycles. The van der Waals surface area contributed by atoms with Gasteiger partial charge in [0.05, 0.1) is 0 Å². The lowest BCUT2D eigenvalue weighted by Crippen LogP contribution is -2.73. The van der Waals surface area contributed by atoms with Crippen LogP contribution in [0.25, 0.3) is 0 Å². The van der Waals surface area contributed by atoms with Gasteiger partial charge in [-0.2, -0.15) is 0 Å². The van der Waals surface area contributed by atoms with Gasteiger partial charge in [0.25, 0.3) is 0 Å². The third-order valence-corrected chi connectivity index (χ3v) is 3.70. The van der Waals surface area contributed by atoms with Crippen LogP contribution >= 0.6 is 0 Å². The van der Waals surface area contributed by atoms with Crippen LogP contribution in [0.1, 0.15) is 19.8 Å². The van der Waals surface area contributed by atoms with E-state index in [2.05, 4.69) is 18.9 Å². The molecule has 1 saturated carbocycles. The van der Waals surface area contributed by atoms with Crippen molar-refractivity contribution < 1.29 is 0 Å². The predicted octanol–water partition coefficient (Wildman–Crippen LogP) is 0.428. The van der Waals surface area contributed by atoms with Gasteiger partial charge in [0.2, 0.25) is 0 Å². The van der Waals surface area contributed by atoms with Crippen LogP contribution < -0.4 is 5.73 Å². The van der Waals surface area contributed by atoms with E-state index in [0.717, 1.165) is 6.04 Å². The summed E-state index contributed by atoms with van der Waals surface area (Å²) in [5.41, 5.74) is 6.48. The molecule has 0 amide bonds. The van der Waals surface area contributed by atoms with Gasteiger partial charge in [-0.25, -0.2) is 0 Å². The summed E-state index contributed by atoms with van der Waals surface area (Å²) in [6.07, 6.45) is 2.61. The summed E-state index contributed by atoms with van der Waals surface area (Å²) < 4.78 is 0. The summed E-state index contributed by atoms with van der Waals surface area (Å²) in [7, 11) is 2.18. The molecule has 58 valence electrons. The molecule has 10 heavy (non-hydrogen) atoms. The SMILES string of the molecule is CC1N(C)C[C@]12CCC2N. The van der Waals surface area contributed by atoms with Crippen LogP contribution in [-0.4, -0.2) is 30.6 Å². The second-order valence-electron chi connectivity index (χ2n) is 3.97. The van der Waals surface area contributed by atoms with Crippen molar-refractivity contribution in [2.24, 2.45) is 11.1 Å². The standard InChI is InChI=1S/C8H16N2/c1-6-8(5-10(6)2)4-3-7(8)9/h6-7H,3-5,9H2,1-2H3/t6?,7?,8-/m1/s1. The maximum atomic E-state index is 5.94. The van der Waals surface area contributed by atoms with Gasteiger partial charge in [0.15, 0.2) is 0 Å². The Morgan fingerprint density at radius 1 is 1.60 bits per heavy atom. The van der Waals surface area contributed by atoms with E-state index in [1.807, 2.05) is 0 Å². The molecular weight excluding hydrogens is 124 g/mol. The normalized spacial score (nSPS) is 54.3. The van der Waals surface area contributed by atoms with E-state index in [9.17, 15) is 0 Å². The van der Waals surface area contributed by atoms with E-state index in [-0.39, 0.29) is 0 Å². The van der Waals surface area contributed by atoms with Crippen molar-refractivity contribution in [2.45, 2.75) is 31.8 Å². The molecule has 1 aliphatic carbocycles. The zero-order valence-electron chi connectivity index (χ0n) is 6.80. The van der Waals surface area contributed by atoms with E-state index in [0.29, 0.717) is 11.5 Å². The van der Waals surface area contributed by atoms with Gasteiger partial charge in [0.1, 0.15) is 0 Å². The Balaban J connectivity index is 2.06. The van der Waals surface area contributed by atoms with Crippen molar-refractivity contribution in [2.75, 3.05) is 13.6 Å². The monoisotopic (exact) mass is 140 g/mol. The first kappa shape index (κ1) is 6.62. The summed E-state index contributed by atoms with van der Waals surface area (Å²) in [4.78, 5) is 2.39. The molecule has 2 heteroatoms. The van der Waals surface area contributed by atoms with E-state index in [1.54, 1.807) is 0 Å². The lowest BCUT2D eigenvalue weighted by molar-refractivity contribution is -0.118. The van der Waals surface area contributed by atoms with Crippen LogP contribution in [0.3, 0.4) is 0 Å². The summed E-state index contributed by atoms with van der Waals surface area (Å²) in [5.74, 6) is 0. The Labute approximate surface area is 62.4 Å². The minimum atomic E-state index is 0.499. The number of nitrogens with zero attached hydrogens (tertiary/aromatic N) is 1. The molecule has 2 nitrogen and oxygen atoms in total. The lowest BCUT2D eigenvalue weighted by Gasteiger charge is -2.63. The maximum Gasteiger partial charge on any atom is 0.0148 e. The first-order valence-electron chi connectivity index (χ1n) is 4.13. The quantitative estimate of drug-likeness (QED) is 0.528. The van der Waals surface area contributed by atoms with Crippen molar-refractivity contribution in [1.82, 2.24) is 4.90 Å². The highest BCUT2D eigenvalue weighted by Gasteiger charge is 2.56. The fourth-order valence-electron chi connectivity index (χ4n) is 2.46. The second-order valence-corrected chi connectivity index (χ2v) is 3.97. The van der Waals surface area contributed by atoms with Crippen LogP contribution in [0.15, 0.2) is 0 Å². The highest BCUT2D eigenvalue weighted by atomic mass is 15.2. The molecule has 2 unspecified atom stereocenters. The zero-order chi connectivity index (χ0) is 7.35. The number of likely N-dealkylation sites (tertiary alicyclic amines) is 1. The third-order valence-electron chi connectivity index (χ3n) is 3.70. The van der Waals surface area contributed by atoms with Crippen LogP contribution in [0.4, 0.5) is 0 Å². The van der Waals surface area contributed by atoms with E-state index >= 15 is 0 Å². The third kappa shape index (κ3) is 0.523. The van der Waals surface area contributed by atoms with E-state index < -0.39 is 0 Å². The van der Waals surface area contributed by atoms with Crippen molar-refractivity contribution in [3.05, 3.63) is 0 Å². The molecule has 2 rings (SSSR count). The lowest BCUT2D eigenvalue weighted by atomic mass is 9.55. The average Bonchev–Trinajstić information content (AvgIpc) is 1.95. The molecule has 2 fully saturated rings. The largest absolute Gasteiger partial charge is 0.327 e. The highest BCUT2D eigenvalue weighted by molar-refractivity contribution is 5.12. The Morgan fingerprint density at radius 2 is 2.30 bits per heavy atom. The number of rotatable bonds is 0. The molecule has 0 radical (unpaired) electrons. The summed E-state index contributed by atoms with van der Waals surface area (Å²) >= 11 is 0. The van der Waals surface area contributed by atoms with Gasteiger partial charge in [-0.3, -0.25) is 0 Å². The molecule has 0 aromatic carbocycles. The Hall–Kier alpha value is -0.0800. The Bertz CT molecular complexity index is 157. The highest BCUT2D eigenvalue weighted by Crippen LogP contribution is 2.51. The van der Waals surface area contributed by atoms with Gasteiger partial charge in [-0.15, -0.1) is 0 Å². The van der Waals surface area contributed by atoms with E-state index in [4.69, 9.17) is 5.73 Å². The topological polar surface area (TPSA) is 29.3 Å². The molecule has 3 atom stereocenters. The summed E-state index contributed by atoms with van der Waals surface area (Å²) in [6.45, 7) is 3.53. The molecule has 0 bridgehead atoms. The van der Waals surface area contributed by atoms with Crippen molar-refractivity contribution >= 4 is 0 Å². The maximum absolute atomic E-state index is 5.94. The fraction of sp³-hybridized carbons (Fsp3) is 1.00. The molecular formula is C8H16N2. The Morgan fingerprint density at radius 3 is 2.40 bits per heavy atom. The van der Waals surface area contributed by atoms with Crippen LogP contribution in [0, 0.1) is 5.41 Å². The molecule has 1 aliphatic heterocycles. The molecule has 0 aromatic rings. The van der Waals surface area contributed by atoms with Crippen LogP contribution in [0.2, 0.25) is 0 Å². The number of hydrogen-bond donors (Lipinski definition) is 1. The smallest absolute Gasteiger partial charge is 0.0148 e. The van der Waals surface area contributed by atoms with Crippen molar-refractivity contribution in [1.29, 1.82) is 0 Å². The van der Waals surface area contributed by atoms with Gasteiger partial charge < -0.3 is 10.6 Å². The first-order chi connectivity index (χ1) is 4.67. The Kier molecular flexibility index (Phi) is 1.15. The van der Waals surface area contributed by atoms with Gasteiger partial charge in [-0.1, -0.05) is 0 Å². The number of hydrogen-bond acceptors (Lipinski definition) is 2. The fourth-order valence-corrected chi connectivity index (χ4v) is 2.46. The van der Waals surface area contributed by atoms with Crippen LogP contribution in [0.5, 0.6) is 0 Å². The molecule has 1 spiro atoms. The molecule has 1 heterocycles. The predicted molar refractivity (Wildman–Crippen MR) is 41.7 cm³/mol. The average molecular weight is 140 g/mol. The van der Waals surface area contributed by atoms with Crippen LogP contribution in [-0.2, 0) is 0 Å². The van der Waals surface area contributed by atoms with Gasteiger partial charge >= 0.3 is 0 Å². The molecule has 2 aliphatic rings. The molecule has 2 N–H and O–H groups in total. The number of nitrogens with two attached hydrogens (primary N) is 1. The minimum Gasteiger partial charge on any atom is -0.327 e. The second kappa shape index (κ2) is 1.74.